The molecule has 0 unspecified atom stereocenters. The predicted octanol–water partition coefficient (Wildman–Crippen LogP) is 4.59. The summed E-state index contributed by atoms with van der Waals surface area (Å²) in [5.74, 6) is 0.323. The maximum Gasteiger partial charge on any atom is 0.267 e. The van der Waals surface area contributed by atoms with E-state index in [2.05, 4.69) is 36.6 Å². The van der Waals surface area contributed by atoms with Gasteiger partial charge in [-0.05, 0) is 35.9 Å². The summed E-state index contributed by atoms with van der Waals surface area (Å²) in [6.45, 7) is 4.15. The van der Waals surface area contributed by atoms with Crippen molar-refractivity contribution in [2.75, 3.05) is 44.0 Å². The monoisotopic (exact) mass is 500 g/mol. The molecular formula is C22H21ClN6O2S2. The molecule has 0 aliphatic carbocycles. The van der Waals surface area contributed by atoms with Gasteiger partial charge < -0.3 is 10.1 Å². The molecular weight excluding hydrogens is 480 g/mol. The fraction of sp³-hybridized carbons (Fsp3) is 0.273. The van der Waals surface area contributed by atoms with Crippen LogP contribution in [0.3, 0.4) is 0 Å². The Labute approximate surface area is 203 Å². The van der Waals surface area contributed by atoms with Crippen molar-refractivity contribution in [3.05, 3.63) is 52.0 Å². The summed E-state index contributed by atoms with van der Waals surface area (Å²) in [4.78, 5) is 29.8. The van der Waals surface area contributed by atoms with Gasteiger partial charge in [0, 0.05) is 32.9 Å². The minimum absolute atomic E-state index is 0.210. The second-order valence-electron chi connectivity index (χ2n) is 7.47. The van der Waals surface area contributed by atoms with Crippen LogP contribution in [0.15, 0.2) is 36.5 Å². The normalized spacial score (nSPS) is 14.5. The highest BCUT2D eigenvalue weighted by atomic mass is 35.5. The van der Waals surface area contributed by atoms with Crippen molar-refractivity contribution >= 4 is 61.5 Å². The molecule has 1 aromatic carbocycles. The SMILES string of the molecule is CNc1nccc(-c2ccc(C(=O)Nc3nc4c(Cl)cc(CN5CCOCC5)cc4s3)s2)n1. The van der Waals surface area contributed by atoms with Gasteiger partial charge in [0.2, 0.25) is 5.95 Å². The molecule has 0 saturated carbocycles. The van der Waals surface area contributed by atoms with Crippen LogP contribution in [-0.2, 0) is 11.3 Å². The molecule has 4 heterocycles. The zero-order valence-electron chi connectivity index (χ0n) is 17.8. The standard InChI is InChI=1S/C22H21ClN6O2S2/c1-24-21-25-5-4-15(26-21)16-2-3-17(32-16)20(30)28-22-27-19-14(23)10-13(11-18(19)33-22)12-29-6-8-31-9-7-29/h2-5,10-11H,6-9,12H2,1H3,(H,24,25,26)(H,27,28,30). The number of aromatic nitrogens is 3. The average Bonchev–Trinajstić information content (AvgIpc) is 3.47. The molecule has 3 aromatic heterocycles. The number of hydrogen-bond acceptors (Lipinski definition) is 9. The van der Waals surface area contributed by atoms with E-state index >= 15 is 0 Å². The largest absolute Gasteiger partial charge is 0.379 e. The number of carbonyl (C=O) groups is 1. The number of amides is 1. The highest BCUT2D eigenvalue weighted by Gasteiger charge is 2.17. The van der Waals surface area contributed by atoms with Crippen molar-refractivity contribution in [1.82, 2.24) is 19.9 Å². The summed E-state index contributed by atoms with van der Waals surface area (Å²) in [6.07, 6.45) is 1.69. The number of thiophene rings is 1. The number of benzene rings is 1. The van der Waals surface area contributed by atoms with Gasteiger partial charge in [0.1, 0.15) is 5.52 Å². The van der Waals surface area contributed by atoms with Gasteiger partial charge in [-0.1, -0.05) is 22.9 Å². The lowest BCUT2D eigenvalue weighted by Crippen LogP contribution is -2.35. The summed E-state index contributed by atoms with van der Waals surface area (Å²) in [5, 5.41) is 6.95. The highest BCUT2D eigenvalue weighted by Crippen LogP contribution is 2.34. The molecule has 1 aliphatic heterocycles. The number of anilines is 2. The number of thiazole rings is 1. The van der Waals surface area contributed by atoms with E-state index in [0.29, 0.717) is 26.5 Å². The van der Waals surface area contributed by atoms with E-state index in [1.807, 2.05) is 18.2 Å². The third-order valence-corrected chi connectivity index (χ3v) is 7.51. The number of nitrogens with one attached hydrogen (secondary N) is 2. The van der Waals surface area contributed by atoms with E-state index in [-0.39, 0.29) is 5.91 Å². The smallest absolute Gasteiger partial charge is 0.267 e. The van der Waals surface area contributed by atoms with Crippen molar-refractivity contribution in [2.24, 2.45) is 0 Å². The molecule has 11 heteroatoms. The van der Waals surface area contributed by atoms with Crippen LogP contribution < -0.4 is 10.6 Å². The lowest BCUT2D eigenvalue weighted by molar-refractivity contribution is 0.0342. The van der Waals surface area contributed by atoms with Crippen molar-refractivity contribution < 1.29 is 9.53 Å². The van der Waals surface area contributed by atoms with Crippen LogP contribution in [0.2, 0.25) is 5.02 Å². The summed E-state index contributed by atoms with van der Waals surface area (Å²) >= 11 is 9.31. The molecule has 0 bridgehead atoms. The van der Waals surface area contributed by atoms with Gasteiger partial charge in [-0.3, -0.25) is 15.0 Å². The van der Waals surface area contributed by atoms with E-state index in [0.717, 1.165) is 53.7 Å². The molecule has 33 heavy (non-hydrogen) atoms. The first kappa shape index (κ1) is 22.2. The number of morpholine rings is 1. The molecule has 1 amide bonds. The van der Waals surface area contributed by atoms with Crippen molar-refractivity contribution in [3.63, 3.8) is 0 Å². The molecule has 1 saturated heterocycles. The van der Waals surface area contributed by atoms with Gasteiger partial charge in [0.25, 0.3) is 5.91 Å². The van der Waals surface area contributed by atoms with E-state index in [9.17, 15) is 4.79 Å². The molecule has 5 rings (SSSR count). The first-order chi connectivity index (χ1) is 16.1. The number of carbonyl (C=O) groups excluding carboxylic acids is 1. The Balaban J connectivity index is 1.32. The molecule has 0 radical (unpaired) electrons. The number of nitrogens with zero attached hydrogens (tertiary/aromatic N) is 4. The molecule has 2 N–H and O–H groups in total. The first-order valence-electron chi connectivity index (χ1n) is 10.4. The Morgan fingerprint density at radius 3 is 2.85 bits per heavy atom. The van der Waals surface area contributed by atoms with Crippen LogP contribution >= 0.6 is 34.3 Å². The summed E-state index contributed by atoms with van der Waals surface area (Å²) in [6, 6.07) is 9.54. The first-order valence-corrected chi connectivity index (χ1v) is 12.4. The Morgan fingerprint density at radius 1 is 1.18 bits per heavy atom. The number of halogens is 1. The minimum Gasteiger partial charge on any atom is -0.379 e. The van der Waals surface area contributed by atoms with Gasteiger partial charge in [-0.25, -0.2) is 15.0 Å². The zero-order valence-corrected chi connectivity index (χ0v) is 20.2. The third kappa shape index (κ3) is 4.99. The number of hydrogen-bond donors (Lipinski definition) is 2. The van der Waals surface area contributed by atoms with E-state index in [1.54, 1.807) is 19.3 Å². The van der Waals surface area contributed by atoms with Crippen LogP contribution in [0, 0.1) is 0 Å². The topological polar surface area (TPSA) is 92.3 Å². The zero-order chi connectivity index (χ0) is 22.8. The Morgan fingerprint density at radius 2 is 2.03 bits per heavy atom. The van der Waals surface area contributed by atoms with Crippen LogP contribution in [0.1, 0.15) is 15.2 Å². The predicted molar refractivity (Wildman–Crippen MR) is 134 cm³/mol. The number of fused-ring (bicyclic) bond motifs is 1. The fourth-order valence-electron chi connectivity index (χ4n) is 3.58. The maximum atomic E-state index is 12.8. The van der Waals surface area contributed by atoms with Gasteiger partial charge in [0.05, 0.1) is 38.4 Å². The van der Waals surface area contributed by atoms with Gasteiger partial charge in [-0.2, -0.15) is 0 Å². The lowest BCUT2D eigenvalue weighted by atomic mass is 10.2. The summed E-state index contributed by atoms with van der Waals surface area (Å²) in [5.41, 5.74) is 2.60. The van der Waals surface area contributed by atoms with E-state index in [4.69, 9.17) is 16.3 Å². The molecule has 8 nitrogen and oxygen atoms in total. The van der Waals surface area contributed by atoms with E-state index < -0.39 is 0 Å². The van der Waals surface area contributed by atoms with Crippen molar-refractivity contribution in [3.8, 4) is 10.6 Å². The van der Waals surface area contributed by atoms with Crippen LogP contribution in [0.4, 0.5) is 11.1 Å². The van der Waals surface area contributed by atoms with Crippen LogP contribution in [0.5, 0.6) is 0 Å². The second kappa shape index (κ2) is 9.70. The summed E-state index contributed by atoms with van der Waals surface area (Å²) in [7, 11) is 1.77. The highest BCUT2D eigenvalue weighted by molar-refractivity contribution is 7.22. The Bertz CT molecular complexity index is 1300. The second-order valence-corrected chi connectivity index (χ2v) is 9.99. The molecule has 1 aliphatic rings. The minimum atomic E-state index is -0.210. The number of ether oxygens (including phenoxy) is 1. The van der Waals surface area contributed by atoms with Crippen LogP contribution in [-0.4, -0.2) is 59.1 Å². The lowest BCUT2D eigenvalue weighted by Gasteiger charge is -2.26. The Hall–Kier alpha value is -2.63. The molecule has 4 aromatic rings. The average molecular weight is 501 g/mol. The van der Waals surface area contributed by atoms with Crippen LogP contribution in [0.25, 0.3) is 20.8 Å². The summed E-state index contributed by atoms with van der Waals surface area (Å²) < 4.78 is 6.37. The molecule has 1 fully saturated rings. The third-order valence-electron chi connectivity index (χ3n) is 5.20. The molecule has 170 valence electrons. The maximum absolute atomic E-state index is 12.8. The van der Waals surface area contributed by atoms with Gasteiger partial charge in [0.15, 0.2) is 5.13 Å². The van der Waals surface area contributed by atoms with Crippen molar-refractivity contribution in [2.45, 2.75) is 6.54 Å². The van der Waals surface area contributed by atoms with E-state index in [1.165, 1.54) is 22.7 Å². The number of rotatable bonds is 6. The molecule has 0 spiro atoms. The Kier molecular flexibility index (Phi) is 6.52. The van der Waals surface area contributed by atoms with Crippen molar-refractivity contribution in [1.29, 1.82) is 0 Å². The molecule has 0 atom stereocenters. The fourth-order valence-corrected chi connectivity index (χ4v) is 5.74. The quantitative estimate of drug-likeness (QED) is 0.400. The van der Waals surface area contributed by atoms with Gasteiger partial charge in [-0.15, -0.1) is 11.3 Å². The van der Waals surface area contributed by atoms with Gasteiger partial charge >= 0.3 is 0 Å².